The molecule has 3 N–H and O–H groups in total. The quantitative estimate of drug-likeness (QED) is 0.522. The number of para-hydroxylation sites is 2. The monoisotopic (exact) mass is 276 g/mol. The van der Waals surface area contributed by atoms with E-state index in [0.717, 1.165) is 27.4 Å². The Kier molecular flexibility index (Phi) is 2.38. The molecule has 102 valence electrons. The second-order valence-corrected chi connectivity index (χ2v) is 4.92. The van der Waals surface area contributed by atoms with Crippen molar-refractivity contribution in [3.05, 3.63) is 65.1 Å². The van der Waals surface area contributed by atoms with Crippen LogP contribution in [0.5, 0.6) is 0 Å². The van der Waals surface area contributed by atoms with Crippen LogP contribution in [0.25, 0.3) is 33.0 Å². The van der Waals surface area contributed by atoms with Crippen molar-refractivity contribution in [2.24, 2.45) is 0 Å². The number of H-pyrrole nitrogens is 1. The number of aromatic amines is 1. The molecule has 4 heteroatoms. The number of nitrogen functional groups attached to an aromatic ring is 1. The molecule has 0 bridgehead atoms. The van der Waals surface area contributed by atoms with Crippen LogP contribution in [0.2, 0.25) is 0 Å². The van der Waals surface area contributed by atoms with E-state index >= 15 is 0 Å². The van der Waals surface area contributed by atoms with Gasteiger partial charge in [0.25, 0.3) is 0 Å². The third kappa shape index (κ3) is 1.66. The molecule has 0 atom stereocenters. The van der Waals surface area contributed by atoms with E-state index in [0.29, 0.717) is 5.58 Å². The summed E-state index contributed by atoms with van der Waals surface area (Å²) in [7, 11) is 0. The van der Waals surface area contributed by atoms with Gasteiger partial charge < -0.3 is 15.1 Å². The van der Waals surface area contributed by atoms with Gasteiger partial charge in [-0.2, -0.15) is 0 Å². The van der Waals surface area contributed by atoms with Crippen molar-refractivity contribution in [2.45, 2.75) is 0 Å². The van der Waals surface area contributed by atoms with Crippen molar-refractivity contribution >= 4 is 27.6 Å². The zero-order valence-corrected chi connectivity index (χ0v) is 11.1. The van der Waals surface area contributed by atoms with Gasteiger partial charge in [-0.3, -0.25) is 0 Å². The van der Waals surface area contributed by atoms with Crippen LogP contribution in [0.4, 0.5) is 5.69 Å². The largest absolute Gasteiger partial charge is 0.421 e. The van der Waals surface area contributed by atoms with Crippen molar-refractivity contribution in [2.75, 3.05) is 5.73 Å². The van der Waals surface area contributed by atoms with Crippen LogP contribution in [0, 0.1) is 0 Å². The Bertz CT molecular complexity index is 1030. The third-order valence-corrected chi connectivity index (χ3v) is 3.71. The molecule has 0 aliphatic rings. The molecule has 0 amide bonds. The molecule has 0 fully saturated rings. The minimum Gasteiger partial charge on any atom is -0.421 e. The summed E-state index contributed by atoms with van der Waals surface area (Å²) in [4.78, 5) is 15.2. The highest BCUT2D eigenvalue weighted by atomic mass is 16.4. The Hall–Kier alpha value is -3.01. The molecule has 2 aromatic heterocycles. The summed E-state index contributed by atoms with van der Waals surface area (Å²) in [5.74, 6) is 0. The van der Waals surface area contributed by atoms with Gasteiger partial charge in [0.1, 0.15) is 11.3 Å². The first-order valence-electron chi connectivity index (χ1n) is 6.63. The molecule has 4 nitrogen and oxygen atoms in total. The molecule has 0 radical (unpaired) electrons. The minimum atomic E-state index is -0.506. The summed E-state index contributed by atoms with van der Waals surface area (Å²) in [5.41, 5.74) is 8.82. The highest BCUT2D eigenvalue weighted by Gasteiger charge is 2.16. The Balaban J connectivity index is 2.20. The number of aromatic nitrogens is 1. The van der Waals surface area contributed by atoms with Crippen molar-refractivity contribution in [3.63, 3.8) is 0 Å². The van der Waals surface area contributed by atoms with Crippen molar-refractivity contribution in [1.82, 2.24) is 4.98 Å². The van der Waals surface area contributed by atoms with Gasteiger partial charge in [0.2, 0.25) is 0 Å². The van der Waals surface area contributed by atoms with Crippen LogP contribution in [0.15, 0.2) is 63.9 Å². The Morgan fingerprint density at radius 3 is 2.52 bits per heavy atom. The highest BCUT2D eigenvalue weighted by Crippen LogP contribution is 2.36. The number of benzene rings is 2. The van der Waals surface area contributed by atoms with E-state index in [1.807, 2.05) is 48.7 Å². The maximum absolute atomic E-state index is 12.0. The molecular weight excluding hydrogens is 264 g/mol. The third-order valence-electron chi connectivity index (χ3n) is 3.71. The number of rotatable bonds is 1. The van der Waals surface area contributed by atoms with Gasteiger partial charge in [-0.15, -0.1) is 0 Å². The molecular formula is C17H12N2O2. The first-order valence-corrected chi connectivity index (χ1v) is 6.63. The summed E-state index contributed by atoms with van der Waals surface area (Å²) in [6.07, 6.45) is 1.88. The van der Waals surface area contributed by atoms with E-state index in [-0.39, 0.29) is 5.69 Å². The first-order chi connectivity index (χ1) is 10.3. The average Bonchev–Trinajstić information content (AvgIpc) is 2.92. The molecule has 0 saturated carbocycles. The maximum atomic E-state index is 12.0. The van der Waals surface area contributed by atoms with E-state index in [1.165, 1.54) is 0 Å². The van der Waals surface area contributed by atoms with Crippen LogP contribution < -0.4 is 11.4 Å². The van der Waals surface area contributed by atoms with Crippen LogP contribution in [-0.4, -0.2) is 4.98 Å². The summed E-state index contributed by atoms with van der Waals surface area (Å²) >= 11 is 0. The number of fused-ring (bicyclic) bond motifs is 2. The van der Waals surface area contributed by atoms with Crippen molar-refractivity contribution in [1.29, 1.82) is 0 Å². The molecule has 0 aliphatic carbocycles. The van der Waals surface area contributed by atoms with E-state index in [2.05, 4.69) is 4.98 Å². The van der Waals surface area contributed by atoms with Gasteiger partial charge in [-0.05, 0) is 12.1 Å². The fourth-order valence-corrected chi connectivity index (χ4v) is 2.73. The van der Waals surface area contributed by atoms with Crippen LogP contribution in [0.3, 0.4) is 0 Å². The second-order valence-electron chi connectivity index (χ2n) is 4.92. The van der Waals surface area contributed by atoms with Crippen LogP contribution in [-0.2, 0) is 0 Å². The molecule has 4 aromatic rings. The molecule has 0 saturated heterocycles. The summed E-state index contributed by atoms with van der Waals surface area (Å²) in [5, 5.41) is 1.86. The number of nitrogens with one attached hydrogen (secondary N) is 1. The summed E-state index contributed by atoms with van der Waals surface area (Å²) in [6, 6.07) is 15.3. The van der Waals surface area contributed by atoms with Gasteiger partial charge in [0.05, 0.1) is 0 Å². The first kappa shape index (κ1) is 11.8. The van der Waals surface area contributed by atoms with E-state index in [9.17, 15) is 4.79 Å². The van der Waals surface area contributed by atoms with Crippen molar-refractivity contribution < 1.29 is 4.42 Å². The molecule has 2 aromatic carbocycles. The number of nitrogens with two attached hydrogens (primary N) is 1. The summed E-state index contributed by atoms with van der Waals surface area (Å²) in [6.45, 7) is 0. The van der Waals surface area contributed by atoms with Gasteiger partial charge in [-0.1, -0.05) is 36.4 Å². The Labute approximate surface area is 119 Å². The topological polar surface area (TPSA) is 72.0 Å². The lowest BCUT2D eigenvalue weighted by molar-refractivity contribution is 0.565. The van der Waals surface area contributed by atoms with Crippen molar-refractivity contribution in [3.8, 4) is 11.1 Å². The normalized spacial score (nSPS) is 11.2. The van der Waals surface area contributed by atoms with Crippen LogP contribution in [0.1, 0.15) is 0 Å². The highest BCUT2D eigenvalue weighted by molar-refractivity contribution is 6.07. The standard InChI is InChI=1S/C17H12N2O2/c18-16-15(11-6-2-4-8-14(11)21-17(16)20)12-9-19-13-7-3-1-5-10(12)13/h1-9,19H,18H2. The molecule has 0 spiro atoms. The molecule has 2 heterocycles. The fourth-order valence-electron chi connectivity index (χ4n) is 2.73. The van der Waals surface area contributed by atoms with Gasteiger partial charge in [-0.25, -0.2) is 4.79 Å². The lowest BCUT2D eigenvalue weighted by Gasteiger charge is -2.07. The SMILES string of the molecule is Nc1c(-c2c[nH]c3ccccc23)c2ccccc2oc1=O. The predicted octanol–water partition coefficient (Wildman–Crippen LogP) is 3.52. The number of anilines is 1. The fraction of sp³-hybridized carbons (Fsp3) is 0. The second kappa shape index (κ2) is 4.24. The molecule has 21 heavy (non-hydrogen) atoms. The lowest BCUT2D eigenvalue weighted by Crippen LogP contribution is -2.08. The smallest absolute Gasteiger partial charge is 0.360 e. The Morgan fingerprint density at radius 1 is 0.952 bits per heavy atom. The Morgan fingerprint density at radius 2 is 1.67 bits per heavy atom. The lowest BCUT2D eigenvalue weighted by atomic mass is 10.00. The number of hydrogen-bond acceptors (Lipinski definition) is 3. The molecule has 4 rings (SSSR count). The number of hydrogen-bond donors (Lipinski definition) is 2. The summed E-state index contributed by atoms with van der Waals surface area (Å²) < 4.78 is 5.25. The van der Waals surface area contributed by atoms with Gasteiger partial charge in [0, 0.05) is 33.6 Å². The zero-order chi connectivity index (χ0) is 14.4. The van der Waals surface area contributed by atoms with E-state index < -0.39 is 5.63 Å². The average molecular weight is 276 g/mol. The van der Waals surface area contributed by atoms with E-state index in [4.69, 9.17) is 10.2 Å². The molecule has 0 aliphatic heterocycles. The predicted molar refractivity (Wildman–Crippen MR) is 84.2 cm³/mol. The zero-order valence-electron chi connectivity index (χ0n) is 11.1. The van der Waals surface area contributed by atoms with Gasteiger partial charge in [0.15, 0.2) is 0 Å². The molecule has 0 unspecified atom stereocenters. The minimum absolute atomic E-state index is 0.137. The maximum Gasteiger partial charge on any atom is 0.360 e. The van der Waals surface area contributed by atoms with Gasteiger partial charge >= 0.3 is 5.63 Å². The van der Waals surface area contributed by atoms with Crippen LogP contribution >= 0.6 is 0 Å². The van der Waals surface area contributed by atoms with E-state index in [1.54, 1.807) is 6.07 Å².